The second kappa shape index (κ2) is 5.47. The molecule has 1 aliphatic heterocycles. The van der Waals surface area contributed by atoms with E-state index in [1.807, 2.05) is 0 Å². The molecule has 1 saturated heterocycles. The Morgan fingerprint density at radius 1 is 1.35 bits per heavy atom. The van der Waals surface area contributed by atoms with Gasteiger partial charge < -0.3 is 15.3 Å². The fraction of sp³-hybridized carbons (Fsp3) is 0.545. The molecule has 1 aromatic heterocycles. The number of carboxylic acids is 1. The van der Waals surface area contributed by atoms with Crippen LogP contribution in [0.15, 0.2) is 12.4 Å². The minimum Gasteiger partial charge on any atom is -0.481 e. The Balaban J connectivity index is 2.02. The van der Waals surface area contributed by atoms with E-state index in [4.69, 9.17) is 5.11 Å². The molecule has 1 fully saturated rings. The predicted molar refractivity (Wildman–Crippen MR) is 64.2 cm³/mol. The average Bonchev–Trinajstić information content (AvgIpc) is 2.82. The molecule has 0 unspecified atom stereocenters. The van der Waals surface area contributed by atoms with Gasteiger partial charge in [0.2, 0.25) is 0 Å². The topological polar surface area (TPSA) is 78.3 Å². The largest absolute Gasteiger partial charge is 0.481 e. The fourth-order valence-electron chi connectivity index (χ4n) is 1.90. The van der Waals surface area contributed by atoms with E-state index in [2.05, 4.69) is 20.2 Å². The molecule has 2 heterocycles. The maximum Gasteiger partial charge on any atom is 0.305 e. The van der Waals surface area contributed by atoms with Gasteiger partial charge >= 0.3 is 5.97 Å². The van der Waals surface area contributed by atoms with Crippen molar-refractivity contribution in [2.75, 3.05) is 29.9 Å². The third-order valence-corrected chi connectivity index (χ3v) is 2.72. The highest BCUT2D eigenvalue weighted by Gasteiger charge is 2.17. The molecule has 17 heavy (non-hydrogen) atoms. The quantitative estimate of drug-likeness (QED) is 0.793. The number of hydrogen-bond donors (Lipinski definition) is 2. The summed E-state index contributed by atoms with van der Waals surface area (Å²) in [5, 5.41) is 11.6. The van der Waals surface area contributed by atoms with E-state index in [1.54, 1.807) is 12.4 Å². The number of nitrogens with zero attached hydrogens (tertiary/aromatic N) is 3. The van der Waals surface area contributed by atoms with Crippen LogP contribution in [0.4, 0.5) is 11.6 Å². The summed E-state index contributed by atoms with van der Waals surface area (Å²) in [5.41, 5.74) is 0. The molecule has 0 aliphatic carbocycles. The second-order valence-electron chi connectivity index (χ2n) is 3.99. The molecule has 0 atom stereocenters. The van der Waals surface area contributed by atoms with E-state index in [1.165, 1.54) is 12.8 Å². The third kappa shape index (κ3) is 3.05. The first-order chi connectivity index (χ1) is 8.27. The summed E-state index contributed by atoms with van der Waals surface area (Å²) >= 11 is 0. The van der Waals surface area contributed by atoms with Crippen molar-refractivity contribution in [2.24, 2.45) is 0 Å². The van der Waals surface area contributed by atoms with Gasteiger partial charge in [-0.05, 0) is 12.8 Å². The molecule has 0 bridgehead atoms. The molecule has 0 spiro atoms. The summed E-state index contributed by atoms with van der Waals surface area (Å²) in [4.78, 5) is 21.1. The Bertz CT molecular complexity index is 391. The Morgan fingerprint density at radius 3 is 2.76 bits per heavy atom. The van der Waals surface area contributed by atoms with Gasteiger partial charge in [-0.15, -0.1) is 0 Å². The average molecular weight is 236 g/mol. The first-order valence-corrected chi connectivity index (χ1v) is 5.79. The highest BCUT2D eigenvalue weighted by atomic mass is 16.4. The maximum atomic E-state index is 10.4. The number of carbonyl (C=O) groups is 1. The van der Waals surface area contributed by atoms with E-state index in [9.17, 15) is 4.79 Å². The van der Waals surface area contributed by atoms with Gasteiger partial charge in [0.1, 0.15) is 0 Å². The van der Waals surface area contributed by atoms with Crippen molar-refractivity contribution in [1.29, 1.82) is 0 Å². The van der Waals surface area contributed by atoms with Crippen LogP contribution in [0.2, 0.25) is 0 Å². The summed E-state index contributed by atoms with van der Waals surface area (Å²) in [6.07, 6.45) is 5.70. The lowest BCUT2D eigenvalue weighted by molar-refractivity contribution is -0.136. The number of carboxylic acid groups (broad SMARTS) is 1. The SMILES string of the molecule is O=C(O)CCNc1nccnc1N1CCCC1. The van der Waals surface area contributed by atoms with Crippen LogP contribution in [0.3, 0.4) is 0 Å². The minimum atomic E-state index is -0.816. The van der Waals surface area contributed by atoms with Gasteiger partial charge in [-0.25, -0.2) is 9.97 Å². The molecular weight excluding hydrogens is 220 g/mol. The van der Waals surface area contributed by atoms with Gasteiger partial charge in [0.15, 0.2) is 11.6 Å². The van der Waals surface area contributed by atoms with Crippen LogP contribution in [0.5, 0.6) is 0 Å². The fourth-order valence-corrected chi connectivity index (χ4v) is 1.90. The van der Waals surface area contributed by atoms with Crippen molar-refractivity contribution in [2.45, 2.75) is 19.3 Å². The summed E-state index contributed by atoms with van der Waals surface area (Å²) < 4.78 is 0. The predicted octanol–water partition coefficient (Wildman–Crippen LogP) is 0.963. The van der Waals surface area contributed by atoms with Gasteiger partial charge in [-0.1, -0.05) is 0 Å². The van der Waals surface area contributed by atoms with Gasteiger partial charge in [0.25, 0.3) is 0 Å². The van der Waals surface area contributed by atoms with Gasteiger partial charge in [-0.3, -0.25) is 4.79 Å². The Labute approximate surface area is 99.7 Å². The summed E-state index contributed by atoms with van der Waals surface area (Å²) in [6.45, 7) is 2.35. The first kappa shape index (κ1) is 11.6. The lowest BCUT2D eigenvalue weighted by Gasteiger charge is -2.19. The van der Waals surface area contributed by atoms with Crippen LogP contribution in [0.1, 0.15) is 19.3 Å². The van der Waals surface area contributed by atoms with Crippen molar-refractivity contribution >= 4 is 17.6 Å². The molecule has 1 aromatic rings. The lowest BCUT2D eigenvalue weighted by atomic mass is 10.4. The number of hydrogen-bond acceptors (Lipinski definition) is 5. The number of nitrogens with one attached hydrogen (secondary N) is 1. The van der Waals surface area contributed by atoms with Crippen LogP contribution < -0.4 is 10.2 Å². The van der Waals surface area contributed by atoms with Crippen LogP contribution in [0.25, 0.3) is 0 Å². The number of rotatable bonds is 5. The van der Waals surface area contributed by atoms with Gasteiger partial charge in [0.05, 0.1) is 6.42 Å². The molecule has 0 amide bonds. The maximum absolute atomic E-state index is 10.4. The van der Waals surface area contributed by atoms with Crippen molar-refractivity contribution in [3.63, 3.8) is 0 Å². The summed E-state index contributed by atoms with van der Waals surface area (Å²) in [7, 11) is 0. The molecule has 0 aromatic carbocycles. The minimum absolute atomic E-state index is 0.0794. The highest BCUT2D eigenvalue weighted by Crippen LogP contribution is 2.23. The molecule has 2 rings (SSSR count). The second-order valence-corrected chi connectivity index (χ2v) is 3.99. The number of aliphatic carboxylic acids is 1. The molecule has 0 radical (unpaired) electrons. The zero-order valence-corrected chi connectivity index (χ0v) is 9.59. The molecular formula is C11H16N4O2. The van der Waals surface area contributed by atoms with Gasteiger partial charge in [0, 0.05) is 32.0 Å². The molecule has 6 nitrogen and oxygen atoms in total. The molecule has 92 valence electrons. The van der Waals surface area contributed by atoms with Crippen molar-refractivity contribution < 1.29 is 9.90 Å². The Hall–Kier alpha value is -1.85. The Morgan fingerprint density at radius 2 is 2.06 bits per heavy atom. The first-order valence-electron chi connectivity index (χ1n) is 5.79. The highest BCUT2D eigenvalue weighted by molar-refractivity contribution is 5.68. The van der Waals surface area contributed by atoms with Crippen LogP contribution >= 0.6 is 0 Å². The van der Waals surface area contributed by atoms with Crippen LogP contribution in [-0.4, -0.2) is 40.7 Å². The van der Waals surface area contributed by atoms with Crippen molar-refractivity contribution in [1.82, 2.24) is 9.97 Å². The summed E-state index contributed by atoms with van der Waals surface area (Å²) in [5.74, 6) is 0.690. The van der Waals surface area contributed by atoms with E-state index < -0.39 is 5.97 Å². The molecule has 0 saturated carbocycles. The number of anilines is 2. The third-order valence-electron chi connectivity index (χ3n) is 2.72. The Kier molecular flexibility index (Phi) is 3.74. The van der Waals surface area contributed by atoms with Gasteiger partial charge in [-0.2, -0.15) is 0 Å². The normalized spacial score (nSPS) is 14.9. The van der Waals surface area contributed by atoms with Crippen molar-refractivity contribution in [3.8, 4) is 0 Å². The summed E-state index contributed by atoms with van der Waals surface area (Å²) in [6, 6.07) is 0. The van der Waals surface area contributed by atoms with Crippen molar-refractivity contribution in [3.05, 3.63) is 12.4 Å². The van der Waals surface area contributed by atoms with E-state index in [0.29, 0.717) is 12.4 Å². The molecule has 2 N–H and O–H groups in total. The van der Waals surface area contributed by atoms with E-state index in [0.717, 1.165) is 18.9 Å². The lowest BCUT2D eigenvalue weighted by Crippen LogP contribution is -2.21. The number of aromatic nitrogens is 2. The van der Waals surface area contributed by atoms with E-state index >= 15 is 0 Å². The zero-order valence-electron chi connectivity index (χ0n) is 9.59. The monoisotopic (exact) mass is 236 g/mol. The molecule has 1 aliphatic rings. The standard InChI is InChI=1S/C11H16N4O2/c16-9(17)3-4-12-10-11(14-6-5-13-10)15-7-1-2-8-15/h5-6H,1-4,7-8H2,(H,12,13)(H,16,17). The molecule has 6 heteroatoms. The van der Waals surface area contributed by atoms with Crippen LogP contribution in [-0.2, 0) is 4.79 Å². The van der Waals surface area contributed by atoms with E-state index in [-0.39, 0.29) is 6.42 Å². The van der Waals surface area contributed by atoms with Crippen LogP contribution in [0, 0.1) is 0 Å². The smallest absolute Gasteiger partial charge is 0.305 e. The zero-order chi connectivity index (χ0) is 12.1.